The number of aliphatic hydroxyl groups excluding tert-OH is 1. The number of esters is 1. The fourth-order valence-corrected chi connectivity index (χ4v) is 5.61. The molecule has 4 aromatic rings. The summed E-state index contributed by atoms with van der Waals surface area (Å²) in [4.78, 5) is 17.8. The predicted molar refractivity (Wildman–Crippen MR) is 156 cm³/mol. The van der Waals surface area contributed by atoms with Gasteiger partial charge in [0.1, 0.15) is 22.2 Å². The van der Waals surface area contributed by atoms with Crippen molar-refractivity contribution in [2.45, 2.75) is 13.5 Å². The molecule has 5 rings (SSSR count). The molecular weight excluding hydrogens is 591 g/mol. The number of carbonyl (C=O) groups is 1. The lowest BCUT2D eigenvalue weighted by Crippen LogP contribution is -2.12. The molecule has 1 N–H and O–H groups in total. The van der Waals surface area contributed by atoms with Crippen molar-refractivity contribution < 1.29 is 19.0 Å². The molecule has 5 nitrogen and oxygen atoms in total. The number of carbonyl (C=O) groups excluding carboxylic acids is 1. The van der Waals surface area contributed by atoms with Gasteiger partial charge in [-0.25, -0.2) is 14.2 Å². The topological polar surface area (TPSA) is 63.8 Å². The van der Waals surface area contributed by atoms with E-state index in [2.05, 4.69) is 25.5 Å². The second kappa shape index (κ2) is 11.2. The summed E-state index contributed by atoms with van der Waals surface area (Å²) < 4.78 is 21.6. The van der Waals surface area contributed by atoms with Crippen LogP contribution in [0.3, 0.4) is 0 Å². The van der Waals surface area contributed by atoms with E-state index < -0.39 is 5.97 Å². The number of benzene rings is 3. The first-order valence-electron chi connectivity index (χ1n) is 11.7. The van der Waals surface area contributed by atoms with Gasteiger partial charge in [0.25, 0.3) is 0 Å². The van der Waals surface area contributed by atoms with E-state index in [0.29, 0.717) is 27.2 Å². The Balaban J connectivity index is 1.58. The highest BCUT2D eigenvalue weighted by Crippen LogP contribution is 2.41. The number of thioether (sulfide) groups is 1. The maximum absolute atomic E-state index is 13.4. The molecule has 38 heavy (non-hydrogen) atoms. The molecule has 192 valence electrons. The summed E-state index contributed by atoms with van der Waals surface area (Å²) in [5.74, 6) is -1.11. The van der Waals surface area contributed by atoms with Crippen LogP contribution in [0.1, 0.15) is 18.1 Å². The second-order valence-corrected chi connectivity index (χ2v) is 10.8. The maximum Gasteiger partial charge on any atom is 0.344 e. The fraction of sp³-hybridized carbons (Fsp3) is 0.103. The number of ether oxygens (including phenoxy) is 1. The Morgan fingerprint density at radius 1 is 1.16 bits per heavy atom. The van der Waals surface area contributed by atoms with E-state index in [0.717, 1.165) is 26.5 Å². The summed E-state index contributed by atoms with van der Waals surface area (Å²) in [6.07, 6.45) is 3.80. The van der Waals surface area contributed by atoms with Crippen LogP contribution in [0.15, 0.2) is 98.6 Å². The molecule has 2 heterocycles. The predicted octanol–water partition coefficient (Wildman–Crippen LogP) is 8.44. The molecule has 9 heteroatoms. The molecule has 0 bridgehead atoms. The van der Waals surface area contributed by atoms with E-state index in [1.807, 2.05) is 30.5 Å². The van der Waals surface area contributed by atoms with Crippen LogP contribution in [-0.4, -0.2) is 27.3 Å². The smallest absolute Gasteiger partial charge is 0.344 e. The quantitative estimate of drug-likeness (QED) is 0.222. The Morgan fingerprint density at radius 3 is 2.61 bits per heavy atom. The maximum atomic E-state index is 13.4. The van der Waals surface area contributed by atoms with Gasteiger partial charge >= 0.3 is 5.97 Å². The van der Waals surface area contributed by atoms with Gasteiger partial charge in [-0.3, -0.25) is 0 Å². The SMILES string of the molecule is CCOC(=O)C1=C(O)/C(=C/c2cn(Cc3ccc(F)cc3)c3ccc(Br)cc23)SC1=Nc1ccc(Cl)cc1. The molecular formula is C29H21BrClFN2O3S. The number of aromatic nitrogens is 1. The van der Waals surface area contributed by atoms with Crippen LogP contribution in [0.4, 0.5) is 10.1 Å². The summed E-state index contributed by atoms with van der Waals surface area (Å²) in [7, 11) is 0. The lowest BCUT2D eigenvalue weighted by Gasteiger charge is -2.05. The Morgan fingerprint density at radius 2 is 1.89 bits per heavy atom. The number of rotatable bonds is 6. The molecule has 0 atom stereocenters. The van der Waals surface area contributed by atoms with E-state index in [-0.39, 0.29) is 23.8 Å². The van der Waals surface area contributed by atoms with E-state index in [4.69, 9.17) is 16.3 Å². The molecule has 1 aliphatic rings. The number of nitrogens with zero attached hydrogens (tertiary/aromatic N) is 2. The first kappa shape index (κ1) is 26.3. The summed E-state index contributed by atoms with van der Waals surface area (Å²) >= 11 is 10.7. The number of halogens is 3. The minimum atomic E-state index is -0.643. The monoisotopic (exact) mass is 610 g/mol. The van der Waals surface area contributed by atoms with Crippen LogP contribution in [-0.2, 0) is 16.1 Å². The van der Waals surface area contributed by atoms with Gasteiger partial charge in [-0.2, -0.15) is 0 Å². The van der Waals surface area contributed by atoms with Crippen molar-refractivity contribution in [3.63, 3.8) is 0 Å². The third-order valence-electron chi connectivity index (χ3n) is 5.85. The minimum absolute atomic E-state index is 0.0225. The third kappa shape index (κ3) is 5.57. The van der Waals surface area contributed by atoms with Crippen LogP contribution >= 0.6 is 39.3 Å². The van der Waals surface area contributed by atoms with Crippen LogP contribution in [0.5, 0.6) is 0 Å². The number of hydrogen-bond acceptors (Lipinski definition) is 5. The zero-order valence-electron chi connectivity index (χ0n) is 20.1. The van der Waals surface area contributed by atoms with E-state index in [9.17, 15) is 14.3 Å². The van der Waals surface area contributed by atoms with Crippen molar-refractivity contribution in [2.24, 2.45) is 4.99 Å². The van der Waals surface area contributed by atoms with Gasteiger partial charge in [0, 0.05) is 38.7 Å². The third-order valence-corrected chi connectivity index (χ3v) is 7.62. The summed E-state index contributed by atoms with van der Waals surface area (Å²) in [5.41, 5.74) is 3.37. The number of fused-ring (bicyclic) bond motifs is 1. The molecule has 0 amide bonds. The zero-order valence-corrected chi connectivity index (χ0v) is 23.3. The Labute approximate surface area is 236 Å². The van der Waals surface area contributed by atoms with Crippen molar-refractivity contribution in [1.82, 2.24) is 4.57 Å². The first-order chi connectivity index (χ1) is 18.3. The normalized spacial score (nSPS) is 15.7. The van der Waals surface area contributed by atoms with Crippen molar-refractivity contribution in [3.05, 3.63) is 116 Å². The average molecular weight is 612 g/mol. The Hall–Kier alpha value is -3.33. The molecule has 0 unspecified atom stereocenters. The van der Waals surface area contributed by atoms with E-state index in [1.165, 1.54) is 23.9 Å². The highest BCUT2D eigenvalue weighted by molar-refractivity contribution is 9.10. The summed E-state index contributed by atoms with van der Waals surface area (Å²) in [5, 5.41) is 13.0. The number of hydrogen-bond donors (Lipinski definition) is 1. The van der Waals surface area contributed by atoms with Crippen molar-refractivity contribution in [1.29, 1.82) is 0 Å². The molecule has 1 aliphatic heterocycles. The number of aliphatic hydroxyl groups is 1. The van der Waals surface area contributed by atoms with E-state index >= 15 is 0 Å². The molecule has 0 aliphatic carbocycles. The molecule has 3 aromatic carbocycles. The molecule has 0 fully saturated rings. The highest BCUT2D eigenvalue weighted by atomic mass is 79.9. The van der Waals surface area contributed by atoms with Gasteiger partial charge in [0.2, 0.25) is 0 Å². The van der Waals surface area contributed by atoms with Gasteiger partial charge in [-0.1, -0.05) is 51.4 Å². The highest BCUT2D eigenvalue weighted by Gasteiger charge is 2.33. The average Bonchev–Trinajstić information content (AvgIpc) is 3.38. The molecule has 0 spiro atoms. The van der Waals surface area contributed by atoms with Gasteiger partial charge < -0.3 is 14.4 Å². The Bertz CT molecular complexity index is 1630. The standard InChI is InChI=1S/C29H21BrClFN2O3S/c1-2-37-29(36)26-27(35)25(38-28(26)33-22-10-6-20(31)7-11-22)13-18-16-34(15-17-3-8-21(32)9-4-17)24-12-5-19(30)14-23(18)24/h3-14,16,35H,2,15H2,1H3/b25-13-,33-28?. The van der Waals surface area contributed by atoms with E-state index in [1.54, 1.807) is 43.3 Å². The molecule has 0 saturated heterocycles. The molecule has 1 aromatic heterocycles. The zero-order chi connectivity index (χ0) is 26.8. The van der Waals surface area contributed by atoms with Gasteiger partial charge in [0.05, 0.1) is 17.2 Å². The lowest BCUT2D eigenvalue weighted by molar-refractivity contribution is -0.138. The Kier molecular flexibility index (Phi) is 7.74. The lowest BCUT2D eigenvalue weighted by atomic mass is 10.1. The van der Waals surface area contributed by atoms with Crippen LogP contribution in [0, 0.1) is 5.82 Å². The van der Waals surface area contributed by atoms with Crippen molar-refractivity contribution >= 4 is 73.0 Å². The summed E-state index contributed by atoms with van der Waals surface area (Å²) in [6.45, 7) is 2.41. The minimum Gasteiger partial charge on any atom is -0.506 e. The van der Waals surface area contributed by atoms with Gasteiger partial charge in [0.15, 0.2) is 0 Å². The largest absolute Gasteiger partial charge is 0.506 e. The van der Waals surface area contributed by atoms with Crippen LogP contribution in [0.2, 0.25) is 5.02 Å². The van der Waals surface area contributed by atoms with Crippen LogP contribution < -0.4 is 0 Å². The fourth-order valence-electron chi connectivity index (χ4n) is 4.10. The van der Waals surface area contributed by atoms with Crippen molar-refractivity contribution in [2.75, 3.05) is 6.61 Å². The first-order valence-corrected chi connectivity index (χ1v) is 13.7. The summed E-state index contributed by atoms with van der Waals surface area (Å²) in [6, 6.07) is 19.2. The van der Waals surface area contributed by atoms with Crippen molar-refractivity contribution in [3.8, 4) is 0 Å². The van der Waals surface area contributed by atoms with Gasteiger partial charge in [-0.15, -0.1) is 0 Å². The van der Waals surface area contributed by atoms with Crippen LogP contribution in [0.25, 0.3) is 17.0 Å². The molecule has 0 saturated carbocycles. The second-order valence-electron chi connectivity index (χ2n) is 8.45. The molecule has 0 radical (unpaired) electrons. The number of aliphatic imine (C=N–C) groups is 1. The van der Waals surface area contributed by atoms with Gasteiger partial charge in [-0.05, 0) is 73.2 Å².